The molecule has 0 aliphatic heterocycles. The number of aliphatic hydroxyl groups is 2. The van der Waals surface area contributed by atoms with E-state index in [1.165, 1.54) is 116 Å². The SMILES string of the molecule is CC/C=C\C/C=C\C/C=C\C/C=C\C/C=C\C/C=C\CCCCCCCCCCCCC(=O)OCC(O)COP(=O)(O)OCC(O)COP(=O)(O)OCC(COC(=O)CCCCCCCC/C=C\C/C=C\C/C=C\CCCCC)OC(=O)CCCCCCCCCCCCCCCCC. The highest BCUT2D eigenvalue weighted by atomic mass is 31.2. The number of phosphoric acid groups is 2. The van der Waals surface area contributed by atoms with Gasteiger partial charge >= 0.3 is 33.6 Å². The maximum Gasteiger partial charge on any atom is 0.472 e. The third kappa shape index (κ3) is 75.2. The van der Waals surface area contributed by atoms with Crippen LogP contribution in [0.1, 0.15) is 329 Å². The lowest BCUT2D eigenvalue weighted by Crippen LogP contribution is -2.30. The van der Waals surface area contributed by atoms with Gasteiger partial charge in [0.25, 0.3) is 0 Å². The summed E-state index contributed by atoms with van der Waals surface area (Å²) in [6.07, 6.45) is 85.6. The van der Waals surface area contributed by atoms with Crippen molar-refractivity contribution in [2.75, 3.05) is 39.6 Å². The highest BCUT2D eigenvalue weighted by Crippen LogP contribution is 2.45. The molecule has 0 radical (unpaired) electrons. The van der Waals surface area contributed by atoms with E-state index in [0.717, 1.165) is 154 Å². The molecule has 0 rings (SSSR count). The van der Waals surface area contributed by atoms with E-state index in [4.69, 9.17) is 32.3 Å². The van der Waals surface area contributed by atoms with Gasteiger partial charge in [-0.15, -0.1) is 0 Å². The number of aliphatic hydroxyl groups excluding tert-OH is 2. The maximum absolute atomic E-state index is 13.0. The standard InChI is InChI=1S/C81H142O16P2/c1-4-7-10-13-16-19-22-25-28-30-32-33-34-35-36-37-38-39-40-41-43-45-47-49-52-55-58-61-64-67-79(84)91-70-76(82)71-93-98(87,88)94-72-77(83)73-95-99(89,90)96-75-78(97-81(86)69-66-63-60-57-54-51-46-27-24-21-18-15-12-9-6-3)74-92-80(85)68-65-62-59-56-53-50-48-44-42-31-29-26-23-20-17-14-11-8-5-2/h7,10,16-17,19-20,25-26,28-29,32-33,35-36,38-39,42,44,76-78,82-83H,4-6,8-9,11-15,18,21-24,27,30-31,34,37,40-41,43,45-75H2,1-3H3,(H,87,88)(H,89,90)/b10-7-,19-16-,20-17-,28-25-,29-26-,33-32-,36-35-,39-38-,44-42-. The second-order valence-electron chi connectivity index (χ2n) is 26.1. The van der Waals surface area contributed by atoms with Crippen molar-refractivity contribution in [1.82, 2.24) is 0 Å². The lowest BCUT2D eigenvalue weighted by Gasteiger charge is -2.21. The predicted octanol–water partition coefficient (Wildman–Crippen LogP) is 22.8. The summed E-state index contributed by atoms with van der Waals surface area (Å²) in [5.41, 5.74) is 0. The van der Waals surface area contributed by atoms with Gasteiger partial charge in [-0.25, -0.2) is 9.13 Å². The second-order valence-corrected chi connectivity index (χ2v) is 29.0. The molecule has 0 saturated heterocycles. The zero-order chi connectivity index (χ0) is 72.3. The van der Waals surface area contributed by atoms with Crippen molar-refractivity contribution in [3.63, 3.8) is 0 Å². The first-order chi connectivity index (χ1) is 48.2. The van der Waals surface area contributed by atoms with Gasteiger partial charge in [0, 0.05) is 19.3 Å². The molecule has 5 unspecified atom stereocenters. The number of hydrogen-bond donors (Lipinski definition) is 4. The highest BCUT2D eigenvalue weighted by Gasteiger charge is 2.29. The molecule has 0 heterocycles. The fraction of sp³-hybridized carbons (Fsp3) is 0.741. The molecule has 0 bridgehead atoms. The minimum absolute atomic E-state index is 0.105. The van der Waals surface area contributed by atoms with Crippen LogP contribution in [-0.4, -0.2) is 95.9 Å². The molecule has 572 valence electrons. The van der Waals surface area contributed by atoms with Crippen LogP contribution in [0.2, 0.25) is 0 Å². The summed E-state index contributed by atoms with van der Waals surface area (Å²) >= 11 is 0. The number of rotatable bonds is 74. The average molecular weight is 1430 g/mol. The van der Waals surface area contributed by atoms with Crippen LogP contribution in [0.4, 0.5) is 0 Å². The molecular formula is C81H142O16P2. The van der Waals surface area contributed by atoms with E-state index in [1.54, 1.807) is 0 Å². The third-order valence-corrected chi connectivity index (χ3v) is 18.4. The molecular weight excluding hydrogens is 1290 g/mol. The number of hydrogen-bond acceptors (Lipinski definition) is 14. The van der Waals surface area contributed by atoms with E-state index < -0.39 is 91.5 Å². The Balaban J connectivity index is 4.53. The Morgan fingerprint density at radius 2 is 0.535 bits per heavy atom. The summed E-state index contributed by atoms with van der Waals surface area (Å²) in [6, 6.07) is 0. The Morgan fingerprint density at radius 1 is 0.293 bits per heavy atom. The normalized spacial score (nSPS) is 14.6. The molecule has 18 heteroatoms. The fourth-order valence-electron chi connectivity index (χ4n) is 10.5. The van der Waals surface area contributed by atoms with Gasteiger partial charge in [0.2, 0.25) is 0 Å². The van der Waals surface area contributed by atoms with Crippen LogP contribution in [0, 0.1) is 0 Å². The molecule has 0 aromatic heterocycles. The van der Waals surface area contributed by atoms with Crippen molar-refractivity contribution in [1.29, 1.82) is 0 Å². The molecule has 5 atom stereocenters. The number of phosphoric ester groups is 2. The van der Waals surface area contributed by atoms with Crippen molar-refractivity contribution in [2.24, 2.45) is 0 Å². The number of unbranched alkanes of at least 4 members (excludes halogenated alkanes) is 33. The maximum atomic E-state index is 13.0. The van der Waals surface area contributed by atoms with E-state index >= 15 is 0 Å². The molecule has 0 aromatic rings. The van der Waals surface area contributed by atoms with Gasteiger partial charge in [0.15, 0.2) is 6.10 Å². The number of carbonyl (C=O) groups excluding carboxylic acids is 3. The summed E-state index contributed by atoms with van der Waals surface area (Å²) in [6.45, 7) is 2.55. The molecule has 0 aliphatic rings. The number of carbonyl (C=O) groups is 3. The van der Waals surface area contributed by atoms with Gasteiger partial charge in [-0.3, -0.25) is 32.5 Å². The van der Waals surface area contributed by atoms with E-state index in [1.807, 2.05) is 0 Å². The lowest BCUT2D eigenvalue weighted by atomic mass is 10.0. The first-order valence-corrected chi connectivity index (χ1v) is 42.2. The summed E-state index contributed by atoms with van der Waals surface area (Å²) < 4.78 is 61.1. The van der Waals surface area contributed by atoms with E-state index in [2.05, 4.69) is 130 Å². The van der Waals surface area contributed by atoms with Crippen molar-refractivity contribution in [3.8, 4) is 0 Å². The first-order valence-electron chi connectivity index (χ1n) is 39.2. The number of esters is 3. The Hall–Kier alpha value is -3.79. The van der Waals surface area contributed by atoms with Crippen molar-refractivity contribution >= 4 is 33.6 Å². The molecule has 99 heavy (non-hydrogen) atoms. The average Bonchev–Trinajstić information content (AvgIpc) is 1.73. The largest absolute Gasteiger partial charge is 0.472 e. The Kier molecular flexibility index (Phi) is 71.1. The van der Waals surface area contributed by atoms with E-state index in [-0.39, 0.29) is 19.3 Å². The van der Waals surface area contributed by atoms with Crippen LogP contribution in [0.15, 0.2) is 109 Å². The summed E-state index contributed by atoms with van der Waals surface area (Å²) in [5.74, 6) is -1.58. The smallest absolute Gasteiger partial charge is 0.463 e. The van der Waals surface area contributed by atoms with Crippen molar-refractivity contribution < 1.29 is 75.8 Å². The van der Waals surface area contributed by atoms with Crippen LogP contribution < -0.4 is 0 Å². The molecule has 16 nitrogen and oxygen atoms in total. The topological polar surface area (TPSA) is 231 Å². The molecule has 0 amide bonds. The molecule has 0 aliphatic carbocycles. The summed E-state index contributed by atoms with van der Waals surface area (Å²) in [5, 5.41) is 20.6. The number of allylic oxidation sites excluding steroid dienone is 18. The minimum atomic E-state index is -4.93. The minimum Gasteiger partial charge on any atom is -0.463 e. The first kappa shape index (κ1) is 95.2. The molecule has 4 N–H and O–H groups in total. The third-order valence-electron chi connectivity index (χ3n) is 16.5. The quantitative estimate of drug-likeness (QED) is 0.0146. The molecule has 0 spiro atoms. The van der Waals surface area contributed by atoms with Crippen molar-refractivity contribution in [2.45, 2.75) is 347 Å². The highest BCUT2D eigenvalue weighted by molar-refractivity contribution is 7.47. The Morgan fingerprint density at radius 3 is 0.869 bits per heavy atom. The monoisotopic (exact) mass is 1430 g/mol. The zero-order valence-electron chi connectivity index (χ0n) is 62.4. The van der Waals surface area contributed by atoms with Crippen LogP contribution >= 0.6 is 15.6 Å². The van der Waals surface area contributed by atoms with Crippen LogP contribution in [-0.2, 0) is 55.8 Å². The van der Waals surface area contributed by atoms with Crippen molar-refractivity contribution in [3.05, 3.63) is 109 Å². The van der Waals surface area contributed by atoms with Crippen LogP contribution in [0.3, 0.4) is 0 Å². The second kappa shape index (κ2) is 73.9. The summed E-state index contributed by atoms with van der Waals surface area (Å²) in [7, 11) is -9.79. The Labute approximate surface area is 602 Å². The van der Waals surface area contributed by atoms with Crippen LogP contribution in [0.25, 0.3) is 0 Å². The van der Waals surface area contributed by atoms with Gasteiger partial charge in [-0.1, -0.05) is 310 Å². The number of ether oxygens (including phenoxy) is 3. The van der Waals surface area contributed by atoms with Crippen LogP contribution in [0.5, 0.6) is 0 Å². The Bertz CT molecular complexity index is 2240. The van der Waals surface area contributed by atoms with E-state index in [9.17, 15) is 43.5 Å². The predicted molar refractivity (Wildman–Crippen MR) is 408 cm³/mol. The molecule has 0 fully saturated rings. The summed E-state index contributed by atoms with van der Waals surface area (Å²) in [4.78, 5) is 58.6. The van der Waals surface area contributed by atoms with Gasteiger partial charge in [0.1, 0.15) is 25.4 Å². The van der Waals surface area contributed by atoms with Gasteiger partial charge in [-0.2, -0.15) is 0 Å². The lowest BCUT2D eigenvalue weighted by molar-refractivity contribution is -0.161. The zero-order valence-corrected chi connectivity index (χ0v) is 64.2. The molecule has 0 aromatic carbocycles. The van der Waals surface area contributed by atoms with Gasteiger partial charge in [-0.05, 0) is 109 Å². The van der Waals surface area contributed by atoms with Gasteiger partial charge < -0.3 is 34.2 Å². The van der Waals surface area contributed by atoms with E-state index in [0.29, 0.717) is 19.3 Å². The molecule has 0 saturated carbocycles. The fourth-order valence-corrected chi connectivity index (χ4v) is 12.1. The van der Waals surface area contributed by atoms with Gasteiger partial charge in [0.05, 0.1) is 26.4 Å².